The van der Waals surface area contributed by atoms with E-state index in [0.717, 1.165) is 12.0 Å². The molecule has 2 N–H and O–H groups in total. The number of hydrogen-bond acceptors (Lipinski definition) is 3. The Balaban J connectivity index is 1.43. The predicted molar refractivity (Wildman–Crippen MR) is 92.0 cm³/mol. The number of aliphatic hydroxyl groups excluding tert-OH is 1. The molecule has 2 aliphatic carbocycles. The van der Waals surface area contributed by atoms with Gasteiger partial charge in [-0.05, 0) is 63.5 Å². The van der Waals surface area contributed by atoms with Gasteiger partial charge in [-0.15, -0.1) is 0 Å². The maximum absolute atomic E-state index is 9.58. The van der Waals surface area contributed by atoms with Crippen LogP contribution in [0.5, 0.6) is 0 Å². The van der Waals surface area contributed by atoms with Crippen LogP contribution in [0.15, 0.2) is 0 Å². The maximum Gasteiger partial charge on any atom is 0.0474 e. The van der Waals surface area contributed by atoms with Gasteiger partial charge in [-0.25, -0.2) is 0 Å². The molecule has 128 valence electrons. The number of aliphatic hydroxyl groups is 1. The summed E-state index contributed by atoms with van der Waals surface area (Å²) in [5, 5.41) is 13.5. The molecule has 4 atom stereocenters. The lowest BCUT2D eigenvalue weighted by Crippen LogP contribution is -2.52. The van der Waals surface area contributed by atoms with E-state index >= 15 is 0 Å². The summed E-state index contributed by atoms with van der Waals surface area (Å²) in [6.07, 6.45) is 13.5. The van der Waals surface area contributed by atoms with E-state index in [1.54, 1.807) is 0 Å². The van der Waals surface area contributed by atoms with Gasteiger partial charge >= 0.3 is 0 Å². The number of nitrogens with zero attached hydrogens (tertiary/aromatic N) is 1. The van der Waals surface area contributed by atoms with Gasteiger partial charge in [-0.1, -0.05) is 32.6 Å². The molecule has 4 unspecified atom stereocenters. The second-order valence-corrected chi connectivity index (χ2v) is 8.24. The zero-order chi connectivity index (χ0) is 15.4. The lowest BCUT2D eigenvalue weighted by atomic mass is 9.83. The van der Waals surface area contributed by atoms with Crippen LogP contribution < -0.4 is 5.32 Å². The lowest BCUT2D eigenvalue weighted by Gasteiger charge is -2.42. The molecule has 0 aromatic heterocycles. The molecule has 0 aromatic carbocycles. The van der Waals surface area contributed by atoms with E-state index in [0.29, 0.717) is 24.6 Å². The summed E-state index contributed by atoms with van der Waals surface area (Å²) in [4.78, 5) is 2.78. The highest BCUT2D eigenvalue weighted by atomic mass is 16.3. The van der Waals surface area contributed by atoms with Crippen molar-refractivity contribution in [2.75, 3.05) is 19.7 Å². The highest BCUT2D eigenvalue weighted by Crippen LogP contribution is 2.30. The van der Waals surface area contributed by atoms with Crippen molar-refractivity contribution in [1.82, 2.24) is 10.2 Å². The summed E-state index contributed by atoms with van der Waals surface area (Å²) >= 11 is 0. The fourth-order valence-corrected chi connectivity index (χ4v) is 5.11. The average molecular weight is 309 g/mol. The van der Waals surface area contributed by atoms with Gasteiger partial charge in [0.25, 0.3) is 0 Å². The van der Waals surface area contributed by atoms with Crippen LogP contribution in [0.2, 0.25) is 0 Å². The van der Waals surface area contributed by atoms with Crippen LogP contribution in [-0.4, -0.2) is 47.8 Å². The van der Waals surface area contributed by atoms with E-state index in [4.69, 9.17) is 0 Å². The Kier molecular flexibility index (Phi) is 6.17. The van der Waals surface area contributed by atoms with Crippen molar-refractivity contribution in [2.45, 2.75) is 89.3 Å². The standard InChI is InChI=1S/C19H36N2O/c1-15-5-4-7-18(13-15)21-11-9-17(10-12-21)20-19-8-3-2-6-16(19)14-22/h15-20,22H,2-14H2,1H3. The summed E-state index contributed by atoms with van der Waals surface area (Å²) in [7, 11) is 0. The topological polar surface area (TPSA) is 35.5 Å². The summed E-state index contributed by atoms with van der Waals surface area (Å²) in [5.41, 5.74) is 0. The fourth-order valence-electron chi connectivity index (χ4n) is 5.11. The molecule has 3 fully saturated rings. The monoisotopic (exact) mass is 308 g/mol. The van der Waals surface area contributed by atoms with Crippen molar-refractivity contribution < 1.29 is 5.11 Å². The summed E-state index contributed by atoms with van der Waals surface area (Å²) in [6.45, 7) is 5.37. The first-order valence-corrected chi connectivity index (χ1v) is 9.87. The molecule has 0 spiro atoms. The van der Waals surface area contributed by atoms with Gasteiger partial charge in [-0.3, -0.25) is 0 Å². The minimum absolute atomic E-state index is 0.372. The van der Waals surface area contributed by atoms with Gasteiger partial charge in [0.1, 0.15) is 0 Å². The highest BCUT2D eigenvalue weighted by molar-refractivity contribution is 4.88. The number of hydrogen-bond donors (Lipinski definition) is 2. The third kappa shape index (κ3) is 4.24. The Morgan fingerprint density at radius 2 is 1.73 bits per heavy atom. The predicted octanol–water partition coefficient (Wildman–Crippen LogP) is 3.17. The molecule has 1 aliphatic heterocycles. The Morgan fingerprint density at radius 3 is 2.45 bits per heavy atom. The van der Waals surface area contributed by atoms with E-state index in [9.17, 15) is 5.11 Å². The quantitative estimate of drug-likeness (QED) is 0.837. The molecule has 3 rings (SSSR count). The van der Waals surface area contributed by atoms with Crippen molar-refractivity contribution in [3.8, 4) is 0 Å². The first-order valence-electron chi connectivity index (χ1n) is 9.87. The molecule has 22 heavy (non-hydrogen) atoms. The van der Waals surface area contributed by atoms with Crippen molar-refractivity contribution in [2.24, 2.45) is 11.8 Å². The van der Waals surface area contributed by atoms with Gasteiger partial charge in [-0.2, -0.15) is 0 Å². The summed E-state index contributed by atoms with van der Waals surface area (Å²) in [5.74, 6) is 1.44. The van der Waals surface area contributed by atoms with Gasteiger partial charge in [0.05, 0.1) is 0 Å². The van der Waals surface area contributed by atoms with Crippen molar-refractivity contribution >= 4 is 0 Å². The highest BCUT2D eigenvalue weighted by Gasteiger charge is 2.31. The first-order chi connectivity index (χ1) is 10.8. The molecule has 1 heterocycles. The second kappa shape index (κ2) is 8.12. The van der Waals surface area contributed by atoms with Crippen molar-refractivity contribution in [1.29, 1.82) is 0 Å². The summed E-state index contributed by atoms with van der Waals surface area (Å²) in [6, 6.07) is 2.13. The van der Waals surface area contributed by atoms with Crippen molar-refractivity contribution in [3.05, 3.63) is 0 Å². The van der Waals surface area contributed by atoms with Crippen molar-refractivity contribution in [3.63, 3.8) is 0 Å². The Morgan fingerprint density at radius 1 is 0.955 bits per heavy atom. The average Bonchev–Trinajstić information content (AvgIpc) is 2.56. The molecule has 0 bridgehead atoms. The van der Waals surface area contributed by atoms with Crippen LogP contribution in [0.1, 0.15) is 71.1 Å². The molecule has 1 saturated heterocycles. The molecule has 3 aliphatic rings. The second-order valence-electron chi connectivity index (χ2n) is 8.24. The van der Waals surface area contributed by atoms with E-state index < -0.39 is 0 Å². The number of piperidine rings is 1. The molecular weight excluding hydrogens is 272 g/mol. The zero-order valence-electron chi connectivity index (χ0n) is 14.5. The normalized spacial score (nSPS) is 39.0. The van der Waals surface area contributed by atoms with Crippen LogP contribution in [-0.2, 0) is 0 Å². The lowest BCUT2D eigenvalue weighted by molar-refractivity contribution is 0.0872. The SMILES string of the molecule is CC1CCCC(N2CCC(NC3CCCCC3CO)CC2)C1. The largest absolute Gasteiger partial charge is 0.396 e. The zero-order valence-corrected chi connectivity index (χ0v) is 14.5. The van der Waals surface area contributed by atoms with E-state index in [1.165, 1.54) is 77.3 Å². The first kappa shape index (κ1) is 16.7. The minimum atomic E-state index is 0.372. The molecular formula is C19H36N2O. The Labute approximate surface area is 136 Å². The number of rotatable bonds is 4. The Hall–Kier alpha value is -0.120. The third-order valence-electron chi connectivity index (χ3n) is 6.55. The van der Waals surface area contributed by atoms with Crippen LogP contribution in [0.25, 0.3) is 0 Å². The third-order valence-corrected chi connectivity index (χ3v) is 6.55. The van der Waals surface area contributed by atoms with E-state index in [1.807, 2.05) is 0 Å². The van der Waals surface area contributed by atoms with Crippen LogP contribution >= 0.6 is 0 Å². The minimum Gasteiger partial charge on any atom is -0.396 e. The van der Waals surface area contributed by atoms with Gasteiger partial charge in [0, 0.05) is 24.7 Å². The van der Waals surface area contributed by atoms with Gasteiger partial charge < -0.3 is 15.3 Å². The van der Waals surface area contributed by atoms with Crippen LogP contribution in [0, 0.1) is 11.8 Å². The Bertz CT molecular complexity index is 327. The summed E-state index contributed by atoms with van der Waals surface area (Å²) < 4.78 is 0. The molecule has 3 nitrogen and oxygen atoms in total. The molecule has 3 heteroatoms. The van der Waals surface area contributed by atoms with Crippen LogP contribution in [0.3, 0.4) is 0 Å². The smallest absolute Gasteiger partial charge is 0.0474 e. The van der Waals surface area contributed by atoms with E-state index in [-0.39, 0.29) is 0 Å². The van der Waals surface area contributed by atoms with Gasteiger partial charge in [0.15, 0.2) is 0 Å². The molecule has 0 radical (unpaired) electrons. The van der Waals surface area contributed by atoms with Crippen LogP contribution in [0.4, 0.5) is 0 Å². The van der Waals surface area contributed by atoms with E-state index in [2.05, 4.69) is 17.1 Å². The molecule has 0 amide bonds. The molecule has 2 saturated carbocycles. The number of nitrogens with one attached hydrogen (secondary N) is 1. The maximum atomic E-state index is 9.58. The fraction of sp³-hybridized carbons (Fsp3) is 1.00. The molecule has 0 aromatic rings. The van der Waals surface area contributed by atoms with Gasteiger partial charge in [0.2, 0.25) is 0 Å². The number of likely N-dealkylation sites (tertiary alicyclic amines) is 1.